The van der Waals surface area contributed by atoms with E-state index in [2.05, 4.69) is 11.9 Å². The van der Waals surface area contributed by atoms with E-state index in [-0.39, 0.29) is 5.38 Å². The first kappa shape index (κ1) is 16.0. The van der Waals surface area contributed by atoms with Gasteiger partial charge in [0.2, 0.25) is 0 Å². The van der Waals surface area contributed by atoms with Crippen molar-refractivity contribution in [3.63, 3.8) is 0 Å². The average Bonchev–Trinajstić information content (AvgIpc) is 2.41. The standard InChI is InChI=1S/C16H24ClNO/c1-3-4-11-18-13-15-9-5-6-10-16(15)19-12-7-8-14(2)17/h5-6,9-10,13-14H,3-4,7-8,11-12H2,1-2H3/b18-13+. The van der Waals surface area contributed by atoms with Crippen LogP contribution >= 0.6 is 11.6 Å². The Morgan fingerprint density at radius 3 is 2.84 bits per heavy atom. The van der Waals surface area contributed by atoms with Crippen LogP contribution in [-0.4, -0.2) is 24.7 Å². The summed E-state index contributed by atoms with van der Waals surface area (Å²) in [6.45, 7) is 5.77. The fraction of sp³-hybridized carbons (Fsp3) is 0.562. The number of nitrogens with zero attached hydrogens (tertiary/aromatic N) is 1. The van der Waals surface area contributed by atoms with Crippen molar-refractivity contribution in [3.05, 3.63) is 29.8 Å². The van der Waals surface area contributed by atoms with Crippen LogP contribution in [0.25, 0.3) is 0 Å². The highest BCUT2D eigenvalue weighted by Crippen LogP contribution is 2.16. The monoisotopic (exact) mass is 281 g/mol. The first-order chi connectivity index (χ1) is 9.24. The largest absolute Gasteiger partial charge is 0.493 e. The molecule has 0 radical (unpaired) electrons. The molecule has 1 unspecified atom stereocenters. The van der Waals surface area contributed by atoms with E-state index in [9.17, 15) is 0 Å². The molecule has 0 heterocycles. The van der Waals surface area contributed by atoms with E-state index in [1.807, 2.05) is 37.4 Å². The van der Waals surface area contributed by atoms with E-state index in [0.29, 0.717) is 6.61 Å². The molecule has 0 aliphatic carbocycles. The fourth-order valence-corrected chi connectivity index (χ4v) is 1.83. The van der Waals surface area contributed by atoms with Gasteiger partial charge < -0.3 is 4.74 Å². The highest BCUT2D eigenvalue weighted by Gasteiger charge is 2.01. The second-order valence-corrected chi connectivity index (χ2v) is 5.44. The van der Waals surface area contributed by atoms with E-state index < -0.39 is 0 Å². The summed E-state index contributed by atoms with van der Waals surface area (Å²) in [6, 6.07) is 8.03. The van der Waals surface area contributed by atoms with Crippen molar-refractivity contribution in [2.24, 2.45) is 4.99 Å². The minimum absolute atomic E-state index is 0.217. The summed E-state index contributed by atoms with van der Waals surface area (Å²) in [7, 11) is 0. The molecule has 0 aromatic heterocycles. The van der Waals surface area contributed by atoms with E-state index in [4.69, 9.17) is 16.3 Å². The number of ether oxygens (including phenoxy) is 1. The smallest absolute Gasteiger partial charge is 0.128 e. The predicted octanol–water partition coefficient (Wildman–Crippen LogP) is 4.69. The maximum absolute atomic E-state index is 5.91. The van der Waals surface area contributed by atoms with E-state index in [1.54, 1.807) is 0 Å². The van der Waals surface area contributed by atoms with Gasteiger partial charge in [-0.05, 0) is 38.3 Å². The maximum atomic E-state index is 5.91. The summed E-state index contributed by atoms with van der Waals surface area (Å²) in [4.78, 5) is 4.42. The summed E-state index contributed by atoms with van der Waals surface area (Å²) in [5.74, 6) is 0.907. The highest BCUT2D eigenvalue weighted by atomic mass is 35.5. The second-order valence-electron chi connectivity index (χ2n) is 4.70. The molecule has 0 bridgehead atoms. The van der Waals surface area contributed by atoms with Gasteiger partial charge in [0.05, 0.1) is 6.61 Å². The third kappa shape index (κ3) is 7.22. The van der Waals surface area contributed by atoms with Gasteiger partial charge >= 0.3 is 0 Å². The van der Waals surface area contributed by atoms with Gasteiger partial charge in [-0.15, -0.1) is 11.6 Å². The number of hydrogen-bond acceptors (Lipinski definition) is 2. The van der Waals surface area contributed by atoms with Crippen molar-refractivity contribution < 1.29 is 4.74 Å². The molecule has 1 aromatic carbocycles. The first-order valence-corrected chi connectivity index (χ1v) is 7.53. The van der Waals surface area contributed by atoms with Gasteiger partial charge in [-0.1, -0.05) is 25.5 Å². The normalized spacial score (nSPS) is 12.8. The van der Waals surface area contributed by atoms with Gasteiger partial charge in [-0.3, -0.25) is 4.99 Å². The Balaban J connectivity index is 2.46. The van der Waals surface area contributed by atoms with E-state index in [1.165, 1.54) is 6.42 Å². The molecule has 0 N–H and O–H groups in total. The SMILES string of the molecule is CCCC/N=C/c1ccccc1OCCCC(C)Cl. The molecular weight excluding hydrogens is 258 g/mol. The zero-order valence-electron chi connectivity index (χ0n) is 11.9. The Bertz CT molecular complexity index is 377. The second kappa shape index (κ2) is 9.85. The Morgan fingerprint density at radius 1 is 1.32 bits per heavy atom. The zero-order chi connectivity index (χ0) is 13.9. The van der Waals surface area contributed by atoms with Crippen LogP contribution in [0.2, 0.25) is 0 Å². The third-order valence-corrected chi connectivity index (χ3v) is 3.01. The summed E-state index contributed by atoms with van der Waals surface area (Å²) in [5.41, 5.74) is 1.05. The van der Waals surface area contributed by atoms with Gasteiger partial charge in [-0.2, -0.15) is 0 Å². The van der Waals surface area contributed by atoms with Crippen LogP contribution < -0.4 is 4.74 Å². The molecule has 106 valence electrons. The van der Waals surface area contributed by atoms with E-state index in [0.717, 1.165) is 37.1 Å². The molecule has 2 nitrogen and oxygen atoms in total. The summed E-state index contributed by atoms with van der Waals surface area (Å²) in [6.07, 6.45) is 6.18. The lowest BCUT2D eigenvalue weighted by Gasteiger charge is -2.09. The number of alkyl halides is 1. The summed E-state index contributed by atoms with van der Waals surface area (Å²) >= 11 is 5.91. The molecule has 0 saturated carbocycles. The average molecular weight is 282 g/mol. The van der Waals surface area contributed by atoms with Gasteiger partial charge in [0.25, 0.3) is 0 Å². The van der Waals surface area contributed by atoms with Gasteiger partial charge in [0, 0.05) is 23.7 Å². The topological polar surface area (TPSA) is 21.6 Å². The lowest BCUT2D eigenvalue weighted by atomic mass is 10.2. The quantitative estimate of drug-likeness (QED) is 0.365. The molecule has 0 aliphatic heterocycles. The van der Waals surface area contributed by atoms with Crippen LogP contribution in [0.3, 0.4) is 0 Å². The number of rotatable bonds is 9. The Morgan fingerprint density at radius 2 is 2.11 bits per heavy atom. The number of hydrogen-bond donors (Lipinski definition) is 0. The van der Waals surface area contributed by atoms with Crippen molar-refractivity contribution in [1.29, 1.82) is 0 Å². The lowest BCUT2D eigenvalue weighted by Crippen LogP contribution is -2.02. The van der Waals surface area contributed by atoms with Crippen LogP contribution in [0.4, 0.5) is 0 Å². The van der Waals surface area contributed by atoms with Crippen molar-refractivity contribution in [3.8, 4) is 5.75 Å². The maximum Gasteiger partial charge on any atom is 0.128 e. The van der Waals surface area contributed by atoms with Crippen molar-refractivity contribution in [2.75, 3.05) is 13.2 Å². The minimum atomic E-state index is 0.217. The Kier molecular flexibility index (Phi) is 8.31. The zero-order valence-corrected chi connectivity index (χ0v) is 12.7. The molecule has 1 rings (SSSR count). The number of benzene rings is 1. The molecule has 0 saturated heterocycles. The van der Waals surface area contributed by atoms with Crippen LogP contribution in [0.15, 0.2) is 29.3 Å². The molecule has 0 fully saturated rings. The third-order valence-electron chi connectivity index (χ3n) is 2.79. The van der Waals surface area contributed by atoms with Gasteiger partial charge in [-0.25, -0.2) is 0 Å². The summed E-state index contributed by atoms with van der Waals surface area (Å²) < 4.78 is 5.79. The number of para-hydroxylation sites is 1. The Hall–Kier alpha value is -1.02. The Labute approximate surface area is 121 Å². The minimum Gasteiger partial charge on any atom is -0.493 e. The van der Waals surface area contributed by atoms with Crippen molar-refractivity contribution >= 4 is 17.8 Å². The molecule has 1 atom stereocenters. The van der Waals surface area contributed by atoms with Crippen LogP contribution in [0.1, 0.15) is 45.1 Å². The van der Waals surface area contributed by atoms with Gasteiger partial charge in [0.1, 0.15) is 5.75 Å². The molecule has 0 aliphatic rings. The van der Waals surface area contributed by atoms with Gasteiger partial charge in [0.15, 0.2) is 0 Å². The molecule has 3 heteroatoms. The van der Waals surface area contributed by atoms with Crippen LogP contribution in [-0.2, 0) is 0 Å². The number of unbranched alkanes of at least 4 members (excludes halogenated alkanes) is 1. The fourth-order valence-electron chi connectivity index (χ4n) is 1.68. The van der Waals surface area contributed by atoms with Crippen LogP contribution in [0, 0.1) is 0 Å². The summed E-state index contributed by atoms with van der Waals surface area (Å²) in [5, 5.41) is 0.217. The molecule has 19 heavy (non-hydrogen) atoms. The lowest BCUT2D eigenvalue weighted by molar-refractivity contribution is 0.306. The first-order valence-electron chi connectivity index (χ1n) is 7.09. The van der Waals surface area contributed by atoms with Crippen LogP contribution in [0.5, 0.6) is 5.75 Å². The van der Waals surface area contributed by atoms with E-state index >= 15 is 0 Å². The number of aliphatic imine (C=N–C) groups is 1. The number of halogens is 1. The molecular formula is C16H24ClNO. The van der Waals surface area contributed by atoms with Crippen molar-refractivity contribution in [2.45, 2.75) is 44.9 Å². The molecule has 1 aromatic rings. The molecule has 0 amide bonds. The predicted molar refractivity (Wildman–Crippen MR) is 83.9 cm³/mol. The highest BCUT2D eigenvalue weighted by molar-refractivity contribution is 6.20. The molecule has 0 spiro atoms. The van der Waals surface area contributed by atoms with Crippen molar-refractivity contribution in [1.82, 2.24) is 0 Å².